The molecule has 0 saturated carbocycles. The first-order valence-corrected chi connectivity index (χ1v) is 9.05. The highest BCUT2D eigenvalue weighted by Crippen LogP contribution is 2.24. The number of sulfonamides is 1. The summed E-state index contributed by atoms with van der Waals surface area (Å²) in [4.78, 5) is 5.41. The van der Waals surface area contributed by atoms with Gasteiger partial charge in [-0.25, -0.2) is 13.4 Å². The molecule has 1 aromatic carbocycles. The molecule has 1 aromatic heterocycles. The van der Waals surface area contributed by atoms with Gasteiger partial charge in [0.2, 0.25) is 10.0 Å². The Morgan fingerprint density at radius 3 is 2.60 bits per heavy atom. The minimum Gasteiger partial charge on any atom is -0.250 e. The van der Waals surface area contributed by atoms with E-state index in [1.54, 1.807) is 30.8 Å². The van der Waals surface area contributed by atoms with E-state index >= 15 is 0 Å². The maximum Gasteiger partial charge on any atom is 0.243 e. The highest BCUT2D eigenvalue weighted by Gasteiger charge is 2.22. The average Bonchev–Trinajstić information content (AvgIpc) is 2.78. The lowest BCUT2D eigenvalue weighted by atomic mass is 10.2. The molecule has 0 saturated heterocycles. The van der Waals surface area contributed by atoms with E-state index in [4.69, 9.17) is 0 Å². The minimum atomic E-state index is -3.48. The zero-order valence-electron chi connectivity index (χ0n) is 11.4. The fourth-order valence-corrected chi connectivity index (χ4v) is 4.11. The van der Waals surface area contributed by atoms with Crippen molar-refractivity contribution in [3.8, 4) is 0 Å². The molecule has 0 radical (unpaired) electrons. The highest BCUT2D eigenvalue weighted by atomic mass is 79.9. The lowest BCUT2D eigenvalue weighted by Gasteiger charge is -2.17. The van der Waals surface area contributed by atoms with Gasteiger partial charge in [-0.2, -0.15) is 4.31 Å². The first-order valence-electron chi connectivity index (χ1n) is 5.94. The predicted molar refractivity (Wildman–Crippen MR) is 84.4 cm³/mol. The molecule has 0 atom stereocenters. The summed E-state index contributed by atoms with van der Waals surface area (Å²) in [6.07, 6.45) is 0. The van der Waals surface area contributed by atoms with Crippen LogP contribution in [0.3, 0.4) is 0 Å². The third kappa shape index (κ3) is 3.11. The van der Waals surface area contributed by atoms with E-state index in [0.717, 1.165) is 20.6 Å². The van der Waals surface area contributed by atoms with Crippen LogP contribution in [-0.4, -0.2) is 24.8 Å². The van der Waals surface area contributed by atoms with Crippen LogP contribution < -0.4 is 0 Å². The number of benzene rings is 1. The molecular weight excluding hydrogens is 360 g/mol. The Balaban J connectivity index is 2.29. The van der Waals surface area contributed by atoms with Crippen molar-refractivity contribution in [1.82, 2.24) is 9.29 Å². The monoisotopic (exact) mass is 374 g/mol. The van der Waals surface area contributed by atoms with Gasteiger partial charge in [-0.1, -0.05) is 15.9 Å². The molecule has 1 heterocycles. The molecule has 2 rings (SSSR count). The molecule has 108 valence electrons. The quantitative estimate of drug-likeness (QED) is 0.824. The van der Waals surface area contributed by atoms with Gasteiger partial charge in [-0.3, -0.25) is 0 Å². The smallest absolute Gasteiger partial charge is 0.243 e. The normalized spacial score (nSPS) is 12.1. The summed E-state index contributed by atoms with van der Waals surface area (Å²) < 4.78 is 27.3. The molecular formula is C13H15BrN2O2S2. The fourth-order valence-electron chi connectivity index (χ4n) is 1.72. The molecule has 0 spiro atoms. The Morgan fingerprint density at radius 2 is 2.05 bits per heavy atom. The van der Waals surface area contributed by atoms with Crippen molar-refractivity contribution >= 4 is 37.3 Å². The van der Waals surface area contributed by atoms with Gasteiger partial charge >= 0.3 is 0 Å². The lowest BCUT2D eigenvalue weighted by molar-refractivity contribution is 0.468. The molecule has 0 bridgehead atoms. The summed E-state index contributed by atoms with van der Waals surface area (Å²) in [5.41, 5.74) is 3.51. The van der Waals surface area contributed by atoms with Crippen molar-refractivity contribution in [2.24, 2.45) is 0 Å². The number of thiazole rings is 1. The van der Waals surface area contributed by atoms with Crippen LogP contribution in [0, 0.1) is 13.8 Å². The van der Waals surface area contributed by atoms with E-state index in [-0.39, 0.29) is 0 Å². The van der Waals surface area contributed by atoms with Crippen molar-refractivity contribution in [3.63, 3.8) is 0 Å². The van der Waals surface area contributed by atoms with Crippen LogP contribution in [0.15, 0.2) is 33.1 Å². The topological polar surface area (TPSA) is 50.3 Å². The van der Waals surface area contributed by atoms with Crippen LogP contribution in [0.25, 0.3) is 0 Å². The minimum absolute atomic E-state index is 0.308. The summed E-state index contributed by atoms with van der Waals surface area (Å²) in [5, 5.41) is 0. The van der Waals surface area contributed by atoms with Gasteiger partial charge in [-0.15, -0.1) is 11.3 Å². The van der Waals surface area contributed by atoms with Crippen molar-refractivity contribution in [1.29, 1.82) is 0 Å². The van der Waals surface area contributed by atoms with Crippen LogP contribution in [0.2, 0.25) is 0 Å². The number of nitrogens with zero attached hydrogens (tertiary/aromatic N) is 2. The van der Waals surface area contributed by atoms with Gasteiger partial charge in [0.25, 0.3) is 0 Å². The molecule has 0 amide bonds. The summed E-state index contributed by atoms with van der Waals surface area (Å²) in [7, 11) is -1.89. The van der Waals surface area contributed by atoms with E-state index in [2.05, 4.69) is 20.9 Å². The molecule has 0 N–H and O–H groups in total. The average molecular weight is 375 g/mol. The third-order valence-corrected chi connectivity index (χ3v) is 6.66. The summed E-state index contributed by atoms with van der Waals surface area (Å²) >= 11 is 4.85. The van der Waals surface area contributed by atoms with Crippen LogP contribution in [0.5, 0.6) is 0 Å². The second-order valence-electron chi connectivity index (χ2n) is 4.53. The molecule has 20 heavy (non-hydrogen) atoms. The van der Waals surface area contributed by atoms with Gasteiger partial charge in [0.05, 0.1) is 16.1 Å². The Labute approximate surface area is 131 Å². The molecule has 0 aliphatic carbocycles. The Hall–Kier alpha value is -0.760. The van der Waals surface area contributed by atoms with Crippen LogP contribution in [-0.2, 0) is 16.6 Å². The zero-order chi connectivity index (χ0) is 14.9. The molecule has 0 aliphatic heterocycles. The first-order chi connectivity index (χ1) is 9.32. The van der Waals surface area contributed by atoms with Crippen LogP contribution in [0.4, 0.5) is 0 Å². The van der Waals surface area contributed by atoms with Crippen molar-refractivity contribution in [2.45, 2.75) is 25.3 Å². The second kappa shape index (κ2) is 5.93. The number of hydrogen-bond acceptors (Lipinski definition) is 4. The molecule has 0 fully saturated rings. The number of halogens is 1. The first kappa shape index (κ1) is 15.6. The summed E-state index contributed by atoms with van der Waals surface area (Å²) in [6.45, 7) is 4.10. The zero-order valence-corrected chi connectivity index (χ0v) is 14.6. The highest BCUT2D eigenvalue weighted by molar-refractivity contribution is 9.10. The molecule has 0 aliphatic rings. The lowest BCUT2D eigenvalue weighted by Crippen LogP contribution is -2.26. The van der Waals surface area contributed by atoms with Crippen LogP contribution in [0.1, 0.15) is 16.1 Å². The summed E-state index contributed by atoms with van der Waals surface area (Å²) in [6, 6.07) is 5.05. The largest absolute Gasteiger partial charge is 0.250 e. The van der Waals surface area contributed by atoms with Crippen molar-refractivity contribution in [3.05, 3.63) is 44.3 Å². The molecule has 0 unspecified atom stereocenters. The van der Waals surface area contributed by atoms with E-state index in [1.807, 2.05) is 13.8 Å². The van der Waals surface area contributed by atoms with Gasteiger partial charge in [0.15, 0.2) is 0 Å². The van der Waals surface area contributed by atoms with Crippen molar-refractivity contribution in [2.75, 3.05) is 7.05 Å². The maximum absolute atomic E-state index is 12.5. The van der Waals surface area contributed by atoms with Gasteiger partial charge in [0, 0.05) is 22.9 Å². The Morgan fingerprint density at radius 1 is 1.35 bits per heavy atom. The fraction of sp³-hybridized carbons (Fsp3) is 0.308. The standard InChI is InChI=1S/C13H15BrN2O2S2/c1-9-6-11(4-5-12(9)14)20(17,18)16(3)7-13-10(2)15-8-19-13/h4-6,8H,7H2,1-3H3. The second-order valence-corrected chi connectivity index (χ2v) is 8.37. The van der Waals surface area contributed by atoms with Gasteiger partial charge < -0.3 is 0 Å². The van der Waals surface area contributed by atoms with Gasteiger partial charge in [0.1, 0.15) is 0 Å². The van der Waals surface area contributed by atoms with Crippen LogP contribution >= 0.6 is 27.3 Å². The molecule has 4 nitrogen and oxygen atoms in total. The van der Waals surface area contributed by atoms with Crippen molar-refractivity contribution < 1.29 is 8.42 Å². The van der Waals surface area contributed by atoms with E-state index < -0.39 is 10.0 Å². The maximum atomic E-state index is 12.5. The number of hydrogen-bond donors (Lipinski definition) is 0. The van der Waals surface area contributed by atoms with E-state index in [9.17, 15) is 8.42 Å². The SMILES string of the molecule is Cc1cc(S(=O)(=O)N(C)Cc2scnc2C)ccc1Br. The Kier molecular flexibility index (Phi) is 4.63. The summed E-state index contributed by atoms with van der Waals surface area (Å²) in [5.74, 6) is 0. The number of aryl methyl sites for hydroxylation is 2. The number of aromatic nitrogens is 1. The van der Waals surface area contributed by atoms with E-state index in [1.165, 1.54) is 15.6 Å². The predicted octanol–water partition coefficient (Wildman–Crippen LogP) is 3.34. The molecule has 2 aromatic rings. The third-order valence-electron chi connectivity index (χ3n) is 3.05. The number of rotatable bonds is 4. The van der Waals surface area contributed by atoms with E-state index in [0.29, 0.717) is 11.4 Å². The van der Waals surface area contributed by atoms with Gasteiger partial charge in [-0.05, 0) is 37.6 Å². The molecule has 7 heteroatoms. The Bertz CT molecular complexity index is 726.